The van der Waals surface area contributed by atoms with Crippen LogP contribution in [0.25, 0.3) is 0 Å². The highest BCUT2D eigenvalue weighted by atomic mass is 32.1. The summed E-state index contributed by atoms with van der Waals surface area (Å²) in [6.07, 6.45) is 0.989. The fraction of sp³-hybridized carbons (Fsp3) is 0.700. The first kappa shape index (κ1) is 10.6. The molecule has 0 atom stereocenters. The summed E-state index contributed by atoms with van der Waals surface area (Å²) in [5.74, 6) is 0.878. The monoisotopic (exact) mass is 198 g/mol. The second-order valence-corrected chi connectivity index (χ2v) is 4.82. The second kappa shape index (κ2) is 3.74. The van der Waals surface area contributed by atoms with Crippen molar-refractivity contribution in [2.75, 3.05) is 5.75 Å². The predicted molar refractivity (Wildman–Crippen MR) is 59.5 cm³/mol. The van der Waals surface area contributed by atoms with E-state index in [-0.39, 0.29) is 5.41 Å². The molecular formula is C10H18N2S. The minimum Gasteiger partial charge on any atom is -0.272 e. The summed E-state index contributed by atoms with van der Waals surface area (Å²) in [5.41, 5.74) is 2.57. The van der Waals surface area contributed by atoms with Crippen LogP contribution in [-0.2, 0) is 18.9 Å². The first-order valence-electron chi connectivity index (χ1n) is 4.59. The second-order valence-electron chi connectivity index (χ2n) is 4.37. The van der Waals surface area contributed by atoms with E-state index in [0.717, 1.165) is 17.9 Å². The average Bonchev–Trinajstić information content (AvgIpc) is 2.32. The average molecular weight is 198 g/mol. The molecule has 0 unspecified atom stereocenters. The van der Waals surface area contributed by atoms with Gasteiger partial charge in [0, 0.05) is 18.2 Å². The number of nitrogens with zero attached hydrogens (tertiary/aromatic N) is 2. The first-order chi connectivity index (χ1) is 5.95. The van der Waals surface area contributed by atoms with Gasteiger partial charge in [-0.2, -0.15) is 17.7 Å². The Morgan fingerprint density at radius 1 is 1.46 bits per heavy atom. The molecule has 0 spiro atoms. The van der Waals surface area contributed by atoms with Crippen molar-refractivity contribution in [1.82, 2.24) is 9.78 Å². The van der Waals surface area contributed by atoms with E-state index < -0.39 is 0 Å². The Kier molecular flexibility index (Phi) is 3.06. The Hall–Kier alpha value is -0.440. The Bertz CT molecular complexity index is 284. The van der Waals surface area contributed by atoms with Gasteiger partial charge in [0.15, 0.2) is 0 Å². The summed E-state index contributed by atoms with van der Waals surface area (Å²) in [6, 6.07) is 2.18. The molecule has 1 aromatic heterocycles. The van der Waals surface area contributed by atoms with Crippen LogP contribution >= 0.6 is 12.6 Å². The van der Waals surface area contributed by atoms with Crippen LogP contribution in [0.2, 0.25) is 0 Å². The Morgan fingerprint density at radius 2 is 2.08 bits per heavy atom. The van der Waals surface area contributed by atoms with Gasteiger partial charge in [0.25, 0.3) is 0 Å². The smallest absolute Gasteiger partial charge is 0.0680 e. The molecule has 0 N–H and O–H groups in total. The molecule has 1 aromatic rings. The summed E-state index contributed by atoms with van der Waals surface area (Å²) in [7, 11) is 1.99. The SMILES string of the molecule is Cn1nc(C(C)(C)C)cc1CCS. The predicted octanol–water partition coefficient (Wildman–Crippen LogP) is 2.19. The Morgan fingerprint density at radius 3 is 2.46 bits per heavy atom. The van der Waals surface area contributed by atoms with Crippen LogP contribution in [0.5, 0.6) is 0 Å². The number of aryl methyl sites for hydroxylation is 2. The molecule has 0 amide bonds. The largest absolute Gasteiger partial charge is 0.272 e. The quantitative estimate of drug-likeness (QED) is 0.721. The van der Waals surface area contributed by atoms with Gasteiger partial charge in [0.2, 0.25) is 0 Å². The fourth-order valence-corrected chi connectivity index (χ4v) is 1.45. The zero-order valence-corrected chi connectivity index (χ0v) is 9.73. The zero-order chi connectivity index (χ0) is 10.1. The number of hydrogen-bond donors (Lipinski definition) is 1. The summed E-state index contributed by atoms with van der Waals surface area (Å²) in [6.45, 7) is 6.54. The number of thiol groups is 1. The topological polar surface area (TPSA) is 17.8 Å². The van der Waals surface area contributed by atoms with Crippen LogP contribution in [0.3, 0.4) is 0 Å². The van der Waals surface area contributed by atoms with E-state index in [0.29, 0.717) is 0 Å². The van der Waals surface area contributed by atoms with Gasteiger partial charge in [0.05, 0.1) is 5.69 Å². The van der Waals surface area contributed by atoms with Gasteiger partial charge in [-0.1, -0.05) is 20.8 Å². The van der Waals surface area contributed by atoms with E-state index in [1.165, 1.54) is 5.69 Å². The Balaban J connectivity index is 2.95. The molecule has 1 rings (SSSR count). The normalized spacial score (nSPS) is 12.1. The number of aromatic nitrogens is 2. The lowest BCUT2D eigenvalue weighted by Crippen LogP contribution is -2.12. The van der Waals surface area contributed by atoms with Gasteiger partial charge in [-0.3, -0.25) is 4.68 Å². The fourth-order valence-electron chi connectivity index (χ4n) is 1.22. The van der Waals surface area contributed by atoms with Gasteiger partial charge in [0.1, 0.15) is 0 Å². The summed E-state index contributed by atoms with van der Waals surface area (Å²) < 4.78 is 1.96. The molecular weight excluding hydrogens is 180 g/mol. The van der Waals surface area contributed by atoms with Crippen molar-refractivity contribution < 1.29 is 0 Å². The minimum absolute atomic E-state index is 0.145. The van der Waals surface area contributed by atoms with E-state index in [2.05, 4.69) is 44.6 Å². The zero-order valence-electron chi connectivity index (χ0n) is 8.83. The van der Waals surface area contributed by atoms with Crippen molar-refractivity contribution >= 4 is 12.6 Å². The summed E-state index contributed by atoms with van der Waals surface area (Å²) >= 11 is 4.22. The van der Waals surface area contributed by atoms with Crippen molar-refractivity contribution in [2.45, 2.75) is 32.6 Å². The van der Waals surface area contributed by atoms with Crippen molar-refractivity contribution in [2.24, 2.45) is 7.05 Å². The van der Waals surface area contributed by atoms with Crippen molar-refractivity contribution in [1.29, 1.82) is 0 Å². The molecule has 0 saturated heterocycles. The van der Waals surface area contributed by atoms with E-state index in [1.54, 1.807) is 0 Å². The van der Waals surface area contributed by atoms with E-state index in [9.17, 15) is 0 Å². The first-order valence-corrected chi connectivity index (χ1v) is 5.22. The summed E-state index contributed by atoms with van der Waals surface area (Å²) in [5, 5.41) is 4.48. The van der Waals surface area contributed by atoms with Crippen LogP contribution in [0.1, 0.15) is 32.2 Å². The molecule has 3 heteroatoms. The van der Waals surface area contributed by atoms with E-state index in [4.69, 9.17) is 0 Å². The molecule has 0 bridgehead atoms. The van der Waals surface area contributed by atoms with Gasteiger partial charge < -0.3 is 0 Å². The van der Waals surface area contributed by atoms with Crippen molar-refractivity contribution in [3.8, 4) is 0 Å². The number of rotatable bonds is 2. The lowest BCUT2D eigenvalue weighted by Gasteiger charge is -2.13. The summed E-state index contributed by atoms with van der Waals surface area (Å²) in [4.78, 5) is 0. The lowest BCUT2D eigenvalue weighted by molar-refractivity contribution is 0.551. The maximum Gasteiger partial charge on any atom is 0.0680 e. The third kappa shape index (κ3) is 2.50. The number of hydrogen-bond acceptors (Lipinski definition) is 2. The van der Waals surface area contributed by atoms with Gasteiger partial charge in [-0.15, -0.1) is 0 Å². The molecule has 0 saturated carbocycles. The molecule has 0 aromatic carbocycles. The maximum absolute atomic E-state index is 4.48. The Labute approximate surface area is 85.7 Å². The molecule has 0 aliphatic heterocycles. The van der Waals surface area contributed by atoms with Crippen LogP contribution in [0, 0.1) is 0 Å². The van der Waals surface area contributed by atoms with Crippen LogP contribution in [-0.4, -0.2) is 15.5 Å². The van der Waals surface area contributed by atoms with Crippen LogP contribution in [0.4, 0.5) is 0 Å². The highest BCUT2D eigenvalue weighted by molar-refractivity contribution is 7.80. The third-order valence-electron chi connectivity index (χ3n) is 2.11. The van der Waals surface area contributed by atoms with Crippen molar-refractivity contribution in [3.63, 3.8) is 0 Å². The van der Waals surface area contributed by atoms with E-state index >= 15 is 0 Å². The highest BCUT2D eigenvalue weighted by Gasteiger charge is 2.18. The maximum atomic E-state index is 4.48. The van der Waals surface area contributed by atoms with Gasteiger partial charge in [-0.25, -0.2) is 0 Å². The molecule has 0 aliphatic rings. The molecule has 0 fully saturated rings. The highest BCUT2D eigenvalue weighted by Crippen LogP contribution is 2.21. The van der Waals surface area contributed by atoms with Crippen molar-refractivity contribution in [3.05, 3.63) is 17.5 Å². The molecule has 13 heavy (non-hydrogen) atoms. The van der Waals surface area contributed by atoms with Crippen LogP contribution < -0.4 is 0 Å². The van der Waals surface area contributed by atoms with E-state index in [1.807, 2.05) is 11.7 Å². The molecule has 0 radical (unpaired) electrons. The molecule has 0 aliphatic carbocycles. The standard InChI is InChI=1S/C10H18N2S/c1-10(2,3)9-7-8(5-6-13)12(4)11-9/h7,13H,5-6H2,1-4H3. The van der Waals surface area contributed by atoms with Crippen LogP contribution in [0.15, 0.2) is 6.07 Å². The molecule has 2 nitrogen and oxygen atoms in total. The third-order valence-corrected chi connectivity index (χ3v) is 2.34. The molecule has 1 heterocycles. The lowest BCUT2D eigenvalue weighted by atomic mass is 9.92. The minimum atomic E-state index is 0.145. The molecule has 74 valence electrons. The van der Waals surface area contributed by atoms with Gasteiger partial charge in [-0.05, 0) is 18.2 Å². The van der Waals surface area contributed by atoms with Gasteiger partial charge >= 0.3 is 0 Å².